The van der Waals surface area contributed by atoms with Crippen molar-refractivity contribution in [3.8, 4) is 5.75 Å². The SMILES string of the molecule is CCC(NC)c1ccccc1OC(C)(C)C. The summed E-state index contributed by atoms with van der Waals surface area (Å²) in [6, 6.07) is 8.61. The molecule has 0 aliphatic carbocycles. The van der Waals surface area contributed by atoms with Gasteiger partial charge in [0.2, 0.25) is 0 Å². The van der Waals surface area contributed by atoms with Gasteiger partial charge in [-0.2, -0.15) is 0 Å². The molecule has 0 saturated heterocycles. The summed E-state index contributed by atoms with van der Waals surface area (Å²) in [4.78, 5) is 0. The summed E-state index contributed by atoms with van der Waals surface area (Å²) in [6.45, 7) is 8.40. The van der Waals surface area contributed by atoms with Crippen LogP contribution < -0.4 is 10.1 Å². The summed E-state index contributed by atoms with van der Waals surface area (Å²) < 4.78 is 5.98. The quantitative estimate of drug-likeness (QED) is 0.839. The highest BCUT2D eigenvalue weighted by Gasteiger charge is 2.17. The summed E-state index contributed by atoms with van der Waals surface area (Å²) in [7, 11) is 1.99. The van der Waals surface area contributed by atoms with Crippen molar-refractivity contribution in [2.75, 3.05) is 7.05 Å². The second kappa shape index (κ2) is 5.35. The zero-order chi connectivity index (χ0) is 12.2. The standard InChI is InChI=1S/C14H23NO/c1-6-12(15-5)11-9-7-8-10-13(11)16-14(2,3)4/h7-10,12,15H,6H2,1-5H3. The number of ether oxygens (including phenoxy) is 1. The Balaban J connectivity index is 3.00. The molecule has 1 aromatic carbocycles. The molecular weight excluding hydrogens is 198 g/mol. The molecule has 1 rings (SSSR count). The van der Waals surface area contributed by atoms with Gasteiger partial charge in [-0.15, -0.1) is 0 Å². The van der Waals surface area contributed by atoms with Crippen LogP contribution in [-0.4, -0.2) is 12.6 Å². The summed E-state index contributed by atoms with van der Waals surface area (Å²) in [5, 5.41) is 3.31. The van der Waals surface area contributed by atoms with E-state index in [1.54, 1.807) is 0 Å². The van der Waals surface area contributed by atoms with Gasteiger partial charge in [0.1, 0.15) is 11.4 Å². The Kier molecular flexibility index (Phi) is 4.36. The van der Waals surface area contributed by atoms with E-state index >= 15 is 0 Å². The third kappa shape index (κ3) is 3.53. The Bertz CT molecular complexity index is 324. The highest BCUT2D eigenvalue weighted by molar-refractivity contribution is 5.36. The molecule has 2 nitrogen and oxygen atoms in total. The van der Waals surface area contributed by atoms with Gasteiger partial charge in [-0.25, -0.2) is 0 Å². The van der Waals surface area contributed by atoms with Crippen molar-refractivity contribution in [2.45, 2.75) is 45.8 Å². The number of benzene rings is 1. The minimum absolute atomic E-state index is 0.151. The molecule has 90 valence electrons. The normalized spacial score (nSPS) is 13.6. The van der Waals surface area contributed by atoms with Crippen molar-refractivity contribution >= 4 is 0 Å². The molecule has 0 bridgehead atoms. The molecule has 0 amide bonds. The van der Waals surface area contributed by atoms with Crippen molar-refractivity contribution in [1.29, 1.82) is 0 Å². The van der Waals surface area contributed by atoms with Crippen LogP contribution in [0, 0.1) is 0 Å². The topological polar surface area (TPSA) is 21.3 Å². The van der Waals surface area contributed by atoms with Gasteiger partial charge in [-0.05, 0) is 40.3 Å². The van der Waals surface area contributed by atoms with Crippen molar-refractivity contribution in [1.82, 2.24) is 5.32 Å². The third-order valence-corrected chi connectivity index (χ3v) is 2.47. The van der Waals surface area contributed by atoms with Crippen LogP contribution in [-0.2, 0) is 0 Å². The Morgan fingerprint density at radius 2 is 1.88 bits per heavy atom. The molecule has 0 aliphatic heterocycles. The van der Waals surface area contributed by atoms with E-state index in [2.05, 4.69) is 45.1 Å². The van der Waals surface area contributed by atoms with E-state index < -0.39 is 0 Å². The summed E-state index contributed by atoms with van der Waals surface area (Å²) in [5.74, 6) is 0.983. The highest BCUT2D eigenvalue weighted by Crippen LogP contribution is 2.29. The molecule has 0 aromatic heterocycles. The first kappa shape index (κ1) is 13.0. The first-order chi connectivity index (χ1) is 7.48. The van der Waals surface area contributed by atoms with Crippen molar-refractivity contribution in [3.05, 3.63) is 29.8 Å². The lowest BCUT2D eigenvalue weighted by molar-refractivity contribution is 0.128. The molecule has 0 saturated carbocycles. The van der Waals surface area contributed by atoms with Gasteiger partial charge in [0.05, 0.1) is 0 Å². The summed E-state index contributed by atoms with van der Waals surface area (Å²) >= 11 is 0. The Morgan fingerprint density at radius 1 is 1.25 bits per heavy atom. The molecule has 0 heterocycles. The Morgan fingerprint density at radius 3 is 2.38 bits per heavy atom. The predicted molar refractivity (Wildman–Crippen MR) is 68.9 cm³/mol. The maximum Gasteiger partial charge on any atom is 0.124 e. The lowest BCUT2D eigenvalue weighted by Gasteiger charge is -2.25. The smallest absolute Gasteiger partial charge is 0.124 e. The van der Waals surface area contributed by atoms with Crippen LogP contribution in [0.5, 0.6) is 5.75 Å². The Labute approximate surface area is 99.0 Å². The second-order valence-electron chi connectivity index (χ2n) is 5.00. The van der Waals surface area contributed by atoms with Gasteiger partial charge in [-0.3, -0.25) is 0 Å². The van der Waals surface area contributed by atoms with Gasteiger partial charge in [0.25, 0.3) is 0 Å². The maximum atomic E-state index is 5.98. The van der Waals surface area contributed by atoms with E-state index in [1.807, 2.05) is 19.2 Å². The molecule has 1 atom stereocenters. The summed E-state index contributed by atoms with van der Waals surface area (Å²) in [5.41, 5.74) is 1.09. The van der Waals surface area contributed by atoms with Gasteiger partial charge in [-0.1, -0.05) is 25.1 Å². The maximum absolute atomic E-state index is 5.98. The van der Waals surface area contributed by atoms with E-state index in [0.29, 0.717) is 6.04 Å². The van der Waals surface area contributed by atoms with Crippen LogP contribution >= 0.6 is 0 Å². The first-order valence-electron chi connectivity index (χ1n) is 5.93. The second-order valence-corrected chi connectivity index (χ2v) is 5.00. The predicted octanol–water partition coefficient (Wildman–Crippen LogP) is 3.53. The molecule has 1 N–H and O–H groups in total. The number of para-hydroxylation sites is 1. The molecule has 0 radical (unpaired) electrons. The van der Waals surface area contributed by atoms with Crippen LogP contribution in [0.1, 0.15) is 45.7 Å². The lowest BCUT2D eigenvalue weighted by atomic mass is 10.0. The Hall–Kier alpha value is -1.02. The zero-order valence-corrected chi connectivity index (χ0v) is 11.0. The average molecular weight is 221 g/mol. The number of hydrogen-bond acceptors (Lipinski definition) is 2. The first-order valence-corrected chi connectivity index (χ1v) is 5.93. The molecule has 0 aliphatic rings. The van der Waals surface area contributed by atoms with Crippen molar-refractivity contribution < 1.29 is 4.74 Å². The number of hydrogen-bond donors (Lipinski definition) is 1. The number of rotatable bonds is 4. The molecule has 2 heteroatoms. The molecule has 1 unspecified atom stereocenters. The summed E-state index contributed by atoms with van der Waals surface area (Å²) in [6.07, 6.45) is 1.06. The number of nitrogens with one attached hydrogen (secondary N) is 1. The fourth-order valence-electron chi connectivity index (χ4n) is 1.77. The van der Waals surface area contributed by atoms with Gasteiger partial charge < -0.3 is 10.1 Å². The van der Waals surface area contributed by atoms with E-state index in [-0.39, 0.29) is 5.60 Å². The minimum Gasteiger partial charge on any atom is -0.488 e. The fourth-order valence-corrected chi connectivity index (χ4v) is 1.77. The van der Waals surface area contributed by atoms with Crippen molar-refractivity contribution in [2.24, 2.45) is 0 Å². The van der Waals surface area contributed by atoms with E-state index in [4.69, 9.17) is 4.74 Å². The van der Waals surface area contributed by atoms with Gasteiger partial charge >= 0.3 is 0 Å². The van der Waals surface area contributed by atoms with Crippen LogP contribution in [0.3, 0.4) is 0 Å². The van der Waals surface area contributed by atoms with Crippen LogP contribution in [0.15, 0.2) is 24.3 Å². The van der Waals surface area contributed by atoms with E-state index in [1.165, 1.54) is 5.56 Å². The van der Waals surface area contributed by atoms with Crippen LogP contribution in [0.2, 0.25) is 0 Å². The fraction of sp³-hybridized carbons (Fsp3) is 0.571. The van der Waals surface area contributed by atoms with Gasteiger partial charge in [0.15, 0.2) is 0 Å². The van der Waals surface area contributed by atoms with Crippen LogP contribution in [0.25, 0.3) is 0 Å². The molecule has 1 aromatic rings. The average Bonchev–Trinajstić information content (AvgIpc) is 2.20. The molecule has 0 fully saturated rings. The molecule has 16 heavy (non-hydrogen) atoms. The molecular formula is C14H23NO. The zero-order valence-electron chi connectivity index (χ0n) is 11.0. The molecule has 0 spiro atoms. The van der Waals surface area contributed by atoms with E-state index in [9.17, 15) is 0 Å². The lowest BCUT2D eigenvalue weighted by Crippen LogP contribution is -2.25. The van der Waals surface area contributed by atoms with Crippen molar-refractivity contribution in [3.63, 3.8) is 0 Å². The van der Waals surface area contributed by atoms with E-state index in [0.717, 1.165) is 12.2 Å². The minimum atomic E-state index is -0.151. The monoisotopic (exact) mass is 221 g/mol. The van der Waals surface area contributed by atoms with Gasteiger partial charge in [0, 0.05) is 11.6 Å². The third-order valence-electron chi connectivity index (χ3n) is 2.47. The largest absolute Gasteiger partial charge is 0.488 e. The van der Waals surface area contributed by atoms with Crippen LogP contribution in [0.4, 0.5) is 0 Å². The highest BCUT2D eigenvalue weighted by atomic mass is 16.5.